The summed E-state index contributed by atoms with van der Waals surface area (Å²) in [4.78, 5) is 40.2. The van der Waals surface area contributed by atoms with Crippen LogP contribution in [0.1, 0.15) is 78.9 Å². The first-order chi connectivity index (χ1) is 23.7. The second-order valence-electron chi connectivity index (χ2n) is 14.3. The van der Waals surface area contributed by atoms with Crippen molar-refractivity contribution in [3.8, 4) is 17.6 Å². The van der Waals surface area contributed by atoms with Gasteiger partial charge in [-0.25, -0.2) is 0 Å². The highest BCUT2D eigenvalue weighted by Gasteiger charge is 2.39. The summed E-state index contributed by atoms with van der Waals surface area (Å²) in [6.07, 6.45) is 0.896. The number of nitrogens with zero attached hydrogens (tertiary/aromatic N) is 1. The fraction of sp³-hybridized carbons (Fsp3) is 0.600. The first kappa shape index (κ1) is 42.1. The minimum atomic E-state index is -0.922. The number of amides is 1. The Hall–Kier alpha value is -4.10. The molecule has 0 unspecified atom stereocenters. The number of benzene rings is 2. The van der Waals surface area contributed by atoms with Crippen LogP contribution in [0.15, 0.2) is 48.5 Å². The molecular formula is C40H58N2O8. The summed E-state index contributed by atoms with van der Waals surface area (Å²) >= 11 is 0. The molecular weight excluding hydrogens is 636 g/mol. The van der Waals surface area contributed by atoms with Gasteiger partial charge in [0.25, 0.3) is 0 Å². The third-order valence-electron chi connectivity index (χ3n) is 8.90. The lowest BCUT2D eigenvalue weighted by atomic mass is 9.77. The molecule has 2 aromatic carbocycles. The predicted molar refractivity (Wildman–Crippen MR) is 192 cm³/mol. The van der Waals surface area contributed by atoms with Gasteiger partial charge in [-0.2, -0.15) is 5.26 Å². The molecule has 1 amide bonds. The number of carbonyl (C=O) groups excluding carboxylic acids is 3. The van der Waals surface area contributed by atoms with Gasteiger partial charge in [0.05, 0.1) is 31.1 Å². The van der Waals surface area contributed by atoms with Crippen LogP contribution in [0.2, 0.25) is 0 Å². The maximum Gasteiger partial charge on any atom is 0.313 e. The van der Waals surface area contributed by atoms with E-state index in [0.717, 1.165) is 17.5 Å². The maximum absolute atomic E-state index is 14.1. The largest absolute Gasteiger partial charge is 0.493 e. The third-order valence-corrected chi connectivity index (χ3v) is 8.90. The Labute approximate surface area is 299 Å². The van der Waals surface area contributed by atoms with Crippen LogP contribution >= 0.6 is 0 Å². The second-order valence-corrected chi connectivity index (χ2v) is 14.3. The average molecular weight is 695 g/mol. The van der Waals surface area contributed by atoms with Crippen LogP contribution in [-0.2, 0) is 41.6 Å². The highest BCUT2D eigenvalue weighted by molar-refractivity contribution is 5.79. The van der Waals surface area contributed by atoms with Gasteiger partial charge in [-0.15, -0.1) is 0 Å². The molecule has 2 aromatic rings. The lowest BCUT2D eigenvalue weighted by molar-refractivity contribution is -0.165. The normalized spacial score (nSPS) is 13.9. The van der Waals surface area contributed by atoms with Crippen LogP contribution in [0.5, 0.6) is 11.5 Å². The molecule has 10 heteroatoms. The predicted octanol–water partition coefficient (Wildman–Crippen LogP) is 6.93. The van der Waals surface area contributed by atoms with Crippen molar-refractivity contribution in [3.05, 3.63) is 59.7 Å². The molecule has 276 valence electrons. The zero-order chi connectivity index (χ0) is 37.3. The first-order valence-electron chi connectivity index (χ1n) is 17.6. The fourth-order valence-electron chi connectivity index (χ4n) is 5.72. The third kappa shape index (κ3) is 14.4. The fourth-order valence-corrected chi connectivity index (χ4v) is 5.72. The van der Waals surface area contributed by atoms with Crippen molar-refractivity contribution < 1.29 is 38.1 Å². The SMILES string of the molecule is COCCCOc1cc(C[C@H](C[C@H](C(=O)OCc2ccccc2)[C@H](C[C@H](C(=O)NCC(C)(C)C#N)C(C)C)OC(C)=O)C(C)C)ccc1OC. The molecule has 0 saturated heterocycles. The van der Waals surface area contributed by atoms with E-state index in [4.69, 9.17) is 23.7 Å². The van der Waals surface area contributed by atoms with Crippen molar-refractivity contribution >= 4 is 17.8 Å². The monoisotopic (exact) mass is 694 g/mol. The van der Waals surface area contributed by atoms with Crippen molar-refractivity contribution in [1.29, 1.82) is 5.26 Å². The zero-order valence-corrected chi connectivity index (χ0v) is 31.5. The lowest BCUT2D eigenvalue weighted by Gasteiger charge is -2.33. The zero-order valence-electron chi connectivity index (χ0n) is 31.5. The topological polar surface area (TPSA) is 133 Å². The molecule has 50 heavy (non-hydrogen) atoms. The molecule has 0 bridgehead atoms. The van der Waals surface area contributed by atoms with Gasteiger partial charge in [0.1, 0.15) is 12.7 Å². The summed E-state index contributed by atoms with van der Waals surface area (Å²) in [6, 6.07) is 17.4. The molecule has 10 nitrogen and oxygen atoms in total. The summed E-state index contributed by atoms with van der Waals surface area (Å²) < 4.78 is 28.5. The summed E-state index contributed by atoms with van der Waals surface area (Å²) in [7, 11) is 3.25. The molecule has 0 aliphatic rings. The molecule has 0 aromatic heterocycles. The Morgan fingerprint density at radius 3 is 2.16 bits per heavy atom. The summed E-state index contributed by atoms with van der Waals surface area (Å²) in [5.41, 5.74) is 1.09. The number of carbonyl (C=O) groups is 3. The van der Waals surface area contributed by atoms with E-state index >= 15 is 0 Å². The number of nitriles is 1. The first-order valence-corrected chi connectivity index (χ1v) is 17.6. The Kier molecular flexibility index (Phi) is 17.8. The number of rotatable bonds is 22. The van der Waals surface area contributed by atoms with Crippen molar-refractivity contribution in [2.24, 2.45) is 35.0 Å². The summed E-state index contributed by atoms with van der Waals surface area (Å²) in [6.45, 7) is 14.1. The molecule has 0 fully saturated rings. The molecule has 0 aliphatic carbocycles. The van der Waals surface area contributed by atoms with Crippen LogP contribution in [0.4, 0.5) is 0 Å². The van der Waals surface area contributed by atoms with E-state index in [-0.39, 0.29) is 43.2 Å². The lowest BCUT2D eigenvalue weighted by Crippen LogP contribution is -2.43. The minimum Gasteiger partial charge on any atom is -0.493 e. The van der Waals surface area contributed by atoms with Crippen LogP contribution < -0.4 is 14.8 Å². The standard InChI is InChI=1S/C40H58N2O8/c1-27(2)32(20-31-16-17-35(47-9)37(21-31)48-19-13-18-46-8)22-34(39(45)49-24-30-14-11-10-12-15-30)36(50-29(5)43)23-33(28(3)4)38(44)42-26-40(6,7)25-41/h10-12,14-17,21,27-28,32-34,36H,13,18-20,22-24,26H2,1-9H3,(H,42,44)/t32-,33+,34+,36+/m1/s1. The number of hydrogen-bond acceptors (Lipinski definition) is 9. The van der Waals surface area contributed by atoms with Gasteiger partial charge in [0, 0.05) is 39.5 Å². The van der Waals surface area contributed by atoms with Crippen LogP contribution in [-0.4, -0.2) is 57.9 Å². The molecule has 0 radical (unpaired) electrons. The van der Waals surface area contributed by atoms with Gasteiger partial charge in [-0.05, 0) is 74.1 Å². The molecule has 4 atom stereocenters. The van der Waals surface area contributed by atoms with Crippen LogP contribution in [0, 0.1) is 46.3 Å². The number of nitrogens with one attached hydrogen (secondary N) is 1. The minimum absolute atomic E-state index is 0.0279. The van der Waals surface area contributed by atoms with Crippen molar-refractivity contribution in [2.75, 3.05) is 34.0 Å². The van der Waals surface area contributed by atoms with Crippen molar-refractivity contribution in [3.63, 3.8) is 0 Å². The van der Waals surface area contributed by atoms with E-state index in [2.05, 4.69) is 25.2 Å². The molecule has 0 heterocycles. The number of methoxy groups -OCH3 is 2. The van der Waals surface area contributed by atoms with E-state index < -0.39 is 35.3 Å². The molecule has 1 N–H and O–H groups in total. The van der Waals surface area contributed by atoms with E-state index in [1.54, 1.807) is 28.1 Å². The van der Waals surface area contributed by atoms with E-state index in [0.29, 0.717) is 37.6 Å². The van der Waals surface area contributed by atoms with Gasteiger partial charge >= 0.3 is 11.9 Å². The summed E-state index contributed by atoms with van der Waals surface area (Å²) in [5, 5.41) is 12.4. The second kappa shape index (κ2) is 21.2. The maximum atomic E-state index is 14.1. The number of esters is 2. The van der Waals surface area contributed by atoms with Crippen LogP contribution in [0.25, 0.3) is 0 Å². The Morgan fingerprint density at radius 2 is 1.58 bits per heavy atom. The van der Waals surface area contributed by atoms with Crippen LogP contribution in [0.3, 0.4) is 0 Å². The quantitative estimate of drug-likeness (QED) is 0.103. The average Bonchev–Trinajstić information content (AvgIpc) is 3.08. The van der Waals surface area contributed by atoms with Gasteiger partial charge < -0.3 is 29.0 Å². The van der Waals surface area contributed by atoms with Gasteiger partial charge in [0.2, 0.25) is 5.91 Å². The van der Waals surface area contributed by atoms with E-state index in [1.165, 1.54) is 6.92 Å². The van der Waals surface area contributed by atoms with Gasteiger partial charge in [-0.3, -0.25) is 14.4 Å². The molecule has 0 saturated carbocycles. The Morgan fingerprint density at radius 1 is 0.880 bits per heavy atom. The highest BCUT2D eigenvalue weighted by atomic mass is 16.6. The van der Waals surface area contributed by atoms with Crippen molar-refractivity contribution in [2.45, 2.75) is 86.9 Å². The number of hydrogen-bond donors (Lipinski definition) is 1. The molecule has 0 aliphatic heterocycles. The Bertz CT molecular complexity index is 1390. The Balaban J connectivity index is 2.47. The summed E-state index contributed by atoms with van der Waals surface area (Å²) in [5.74, 6) is -1.49. The van der Waals surface area contributed by atoms with Crippen molar-refractivity contribution in [1.82, 2.24) is 5.32 Å². The van der Waals surface area contributed by atoms with Gasteiger partial charge in [0.15, 0.2) is 11.5 Å². The van der Waals surface area contributed by atoms with Gasteiger partial charge in [-0.1, -0.05) is 64.1 Å². The molecule has 2 rings (SSSR count). The van der Waals surface area contributed by atoms with E-state index in [9.17, 15) is 19.6 Å². The number of ether oxygens (including phenoxy) is 5. The molecule has 0 spiro atoms. The highest BCUT2D eigenvalue weighted by Crippen LogP contribution is 2.35. The smallest absolute Gasteiger partial charge is 0.313 e. The van der Waals surface area contributed by atoms with E-state index in [1.807, 2.05) is 62.4 Å².